The summed E-state index contributed by atoms with van der Waals surface area (Å²) >= 11 is 0. The Labute approximate surface area is 275 Å². The Balaban J connectivity index is 1.26. The van der Waals surface area contributed by atoms with Crippen LogP contribution >= 0.6 is 0 Å². The van der Waals surface area contributed by atoms with E-state index in [4.69, 9.17) is 14.9 Å². The minimum atomic E-state index is -0.787. The Bertz CT molecular complexity index is 1500. The van der Waals surface area contributed by atoms with Gasteiger partial charge in [-0.05, 0) is 55.8 Å². The molecule has 1 aliphatic rings. The molecule has 1 unspecified atom stereocenters. The largest absolute Gasteiger partial charge is 0.466 e. The first kappa shape index (κ1) is 34.8. The number of nitrogens with zero attached hydrogens (tertiary/aromatic N) is 1. The topological polar surface area (TPSA) is 150 Å². The zero-order chi connectivity index (χ0) is 33.6. The summed E-state index contributed by atoms with van der Waals surface area (Å²) in [4.78, 5) is 52.6. The molecule has 1 heterocycles. The second-order valence-corrected chi connectivity index (χ2v) is 11.4. The maximum absolute atomic E-state index is 13.5. The number of ether oxygens (including phenoxy) is 2. The van der Waals surface area contributed by atoms with E-state index in [1.165, 1.54) is 5.56 Å². The molecule has 3 aromatic carbocycles. The van der Waals surface area contributed by atoms with Gasteiger partial charge in [-0.25, -0.2) is 4.79 Å². The number of amidine groups is 1. The Morgan fingerprint density at radius 1 is 0.915 bits per heavy atom. The number of esters is 1. The summed E-state index contributed by atoms with van der Waals surface area (Å²) in [5.41, 5.74) is 3.27. The van der Waals surface area contributed by atoms with Crippen molar-refractivity contribution in [2.75, 3.05) is 19.7 Å². The fraction of sp³-hybridized carbons (Fsp3) is 0.361. The van der Waals surface area contributed by atoms with E-state index in [1.807, 2.05) is 53.4 Å². The van der Waals surface area contributed by atoms with Crippen LogP contribution in [-0.2, 0) is 37.0 Å². The third-order valence-electron chi connectivity index (χ3n) is 8.10. The van der Waals surface area contributed by atoms with Crippen molar-refractivity contribution in [3.05, 3.63) is 107 Å². The molecule has 0 aromatic heterocycles. The zero-order valence-corrected chi connectivity index (χ0v) is 26.9. The van der Waals surface area contributed by atoms with Gasteiger partial charge in [0.2, 0.25) is 11.8 Å². The molecule has 3 amide bonds. The molecule has 1 aliphatic heterocycles. The number of hydrogen-bond acceptors (Lipinski definition) is 8. The van der Waals surface area contributed by atoms with E-state index in [9.17, 15) is 19.2 Å². The molecule has 0 radical (unpaired) electrons. The fourth-order valence-corrected chi connectivity index (χ4v) is 5.49. The third kappa shape index (κ3) is 10.8. The van der Waals surface area contributed by atoms with Crippen LogP contribution in [0, 0.1) is 5.41 Å². The van der Waals surface area contributed by atoms with Crippen molar-refractivity contribution in [3.63, 3.8) is 0 Å². The van der Waals surface area contributed by atoms with Crippen LogP contribution in [0.15, 0.2) is 84.9 Å². The van der Waals surface area contributed by atoms with Crippen LogP contribution in [-0.4, -0.2) is 66.4 Å². The van der Waals surface area contributed by atoms with Crippen LogP contribution in [0.4, 0.5) is 4.79 Å². The van der Waals surface area contributed by atoms with Crippen molar-refractivity contribution in [1.29, 1.82) is 5.41 Å². The van der Waals surface area contributed by atoms with E-state index in [0.717, 1.165) is 17.5 Å². The third-order valence-corrected chi connectivity index (χ3v) is 8.10. The highest BCUT2D eigenvalue weighted by molar-refractivity contribution is 6.04. The first-order valence-electron chi connectivity index (χ1n) is 15.9. The number of rotatable bonds is 13. The Morgan fingerprint density at radius 3 is 2.28 bits per heavy atom. The molecule has 3 aromatic rings. The molecule has 47 heavy (non-hydrogen) atoms. The van der Waals surface area contributed by atoms with Crippen LogP contribution in [0.25, 0.3) is 0 Å². The predicted octanol–water partition coefficient (Wildman–Crippen LogP) is 4.26. The minimum Gasteiger partial charge on any atom is -0.466 e. The average molecular weight is 642 g/mol. The molecule has 0 spiro atoms. The van der Waals surface area contributed by atoms with Crippen molar-refractivity contribution < 1.29 is 28.7 Å². The van der Waals surface area contributed by atoms with Crippen molar-refractivity contribution in [2.24, 2.45) is 0 Å². The van der Waals surface area contributed by atoms with E-state index in [2.05, 4.69) is 28.1 Å². The predicted molar refractivity (Wildman–Crippen MR) is 178 cm³/mol. The summed E-state index contributed by atoms with van der Waals surface area (Å²) in [5.74, 6) is -0.814. The van der Waals surface area contributed by atoms with E-state index in [1.54, 1.807) is 38.1 Å². The molecule has 0 aliphatic carbocycles. The number of hydrogen-bond donors (Lipinski definition) is 4. The lowest BCUT2D eigenvalue weighted by atomic mass is 9.84. The molecule has 3 atom stereocenters. The van der Waals surface area contributed by atoms with Crippen molar-refractivity contribution in [3.8, 4) is 0 Å². The summed E-state index contributed by atoms with van der Waals surface area (Å²) in [6.45, 7) is 5.07. The van der Waals surface area contributed by atoms with Gasteiger partial charge in [-0.2, -0.15) is 0 Å². The van der Waals surface area contributed by atoms with Crippen LogP contribution in [0.2, 0.25) is 0 Å². The first-order valence-corrected chi connectivity index (χ1v) is 15.9. The van der Waals surface area contributed by atoms with Gasteiger partial charge in [-0.15, -0.1) is 0 Å². The fourth-order valence-electron chi connectivity index (χ4n) is 5.49. The van der Waals surface area contributed by atoms with Gasteiger partial charge in [0, 0.05) is 18.7 Å². The van der Waals surface area contributed by atoms with Gasteiger partial charge in [-0.3, -0.25) is 30.0 Å². The molecule has 0 saturated carbocycles. The standard InChI is InChI=1S/C36H43N5O6/c1-3-46-32(42)19-21-41-20-18-30(28-12-8-5-9-13-28)22-31(41)35(44)39-25(2)34(43)38-23-26-14-16-29(17-15-26)33(37)40-36(45)47-24-27-10-6-4-7-11-27/h4-17,25,30-31H,3,18-24H2,1-2H3,(H,38,43)(H,39,44)(H2,37,40,45)/t25-,30-,31?/m0/s1. The Kier molecular flexibility index (Phi) is 13.1. The molecule has 0 bridgehead atoms. The van der Waals surface area contributed by atoms with Gasteiger partial charge >= 0.3 is 12.1 Å². The normalized spacial score (nSPS) is 16.7. The van der Waals surface area contributed by atoms with Gasteiger partial charge in [0.1, 0.15) is 18.5 Å². The van der Waals surface area contributed by atoms with Crippen molar-refractivity contribution in [2.45, 2.75) is 64.3 Å². The van der Waals surface area contributed by atoms with Crippen LogP contribution in [0.1, 0.15) is 61.3 Å². The highest BCUT2D eigenvalue weighted by atomic mass is 16.5. The lowest BCUT2D eigenvalue weighted by Crippen LogP contribution is -2.55. The van der Waals surface area contributed by atoms with Gasteiger partial charge in [-0.1, -0.05) is 84.9 Å². The Morgan fingerprint density at radius 2 is 1.60 bits per heavy atom. The lowest BCUT2D eigenvalue weighted by Gasteiger charge is -2.39. The number of likely N-dealkylation sites (tertiary alicyclic amines) is 1. The number of carbonyl (C=O) groups is 4. The molecule has 1 saturated heterocycles. The molecule has 248 valence electrons. The lowest BCUT2D eigenvalue weighted by molar-refractivity contribution is -0.144. The second kappa shape index (κ2) is 17.6. The van der Waals surface area contributed by atoms with E-state index < -0.39 is 18.2 Å². The number of nitrogens with one attached hydrogen (secondary N) is 4. The minimum absolute atomic E-state index is 0.0973. The first-order chi connectivity index (χ1) is 22.7. The highest BCUT2D eigenvalue weighted by Crippen LogP contribution is 2.32. The number of carbonyl (C=O) groups excluding carboxylic acids is 4. The average Bonchev–Trinajstić information content (AvgIpc) is 3.09. The summed E-state index contributed by atoms with van der Waals surface area (Å²) in [5, 5.41) is 16.3. The van der Waals surface area contributed by atoms with Crippen LogP contribution in [0.3, 0.4) is 0 Å². The zero-order valence-electron chi connectivity index (χ0n) is 26.9. The van der Waals surface area contributed by atoms with E-state index in [-0.39, 0.29) is 49.1 Å². The SMILES string of the molecule is CCOC(=O)CCN1CC[C@H](c2ccccc2)CC1C(=O)N[C@@H](C)C(=O)NCc1ccc(C(=N)NC(=O)OCc2ccccc2)cc1. The number of amides is 3. The highest BCUT2D eigenvalue weighted by Gasteiger charge is 2.35. The number of benzene rings is 3. The molecule has 11 heteroatoms. The van der Waals surface area contributed by atoms with E-state index >= 15 is 0 Å². The summed E-state index contributed by atoms with van der Waals surface area (Å²) in [6.07, 6.45) is 0.904. The van der Waals surface area contributed by atoms with Gasteiger partial charge < -0.3 is 20.1 Å². The van der Waals surface area contributed by atoms with Crippen LogP contribution in [0.5, 0.6) is 0 Å². The van der Waals surface area contributed by atoms with E-state index in [0.29, 0.717) is 31.7 Å². The maximum atomic E-state index is 13.5. The molecule has 11 nitrogen and oxygen atoms in total. The van der Waals surface area contributed by atoms with Gasteiger partial charge in [0.15, 0.2) is 0 Å². The number of piperidine rings is 1. The molecule has 1 fully saturated rings. The van der Waals surface area contributed by atoms with Gasteiger partial charge in [0.05, 0.1) is 19.1 Å². The smallest absolute Gasteiger partial charge is 0.413 e. The monoisotopic (exact) mass is 641 g/mol. The summed E-state index contributed by atoms with van der Waals surface area (Å²) in [6, 6.07) is 24.9. The van der Waals surface area contributed by atoms with Crippen molar-refractivity contribution in [1.82, 2.24) is 20.9 Å². The quantitative estimate of drug-likeness (QED) is 0.124. The molecular formula is C36H43N5O6. The summed E-state index contributed by atoms with van der Waals surface area (Å²) in [7, 11) is 0. The molecule has 4 rings (SSSR count). The second-order valence-electron chi connectivity index (χ2n) is 11.4. The number of alkyl carbamates (subject to hydrolysis) is 1. The molecule has 4 N–H and O–H groups in total. The van der Waals surface area contributed by atoms with Crippen molar-refractivity contribution >= 4 is 29.7 Å². The Hall–Kier alpha value is -5.03. The van der Waals surface area contributed by atoms with Gasteiger partial charge in [0.25, 0.3) is 0 Å². The summed E-state index contributed by atoms with van der Waals surface area (Å²) < 4.78 is 10.3. The maximum Gasteiger partial charge on any atom is 0.413 e. The van der Waals surface area contributed by atoms with Crippen LogP contribution < -0.4 is 16.0 Å². The molecular weight excluding hydrogens is 598 g/mol.